The Labute approximate surface area is 132 Å². The number of rotatable bonds is 3. The van der Waals surface area contributed by atoms with Crippen LogP contribution >= 0.6 is 0 Å². The molecule has 1 aromatic carbocycles. The Bertz CT molecular complexity index is 963. The highest BCUT2D eigenvalue weighted by Crippen LogP contribution is 2.26. The van der Waals surface area contributed by atoms with Gasteiger partial charge in [-0.1, -0.05) is 11.2 Å². The Kier molecular flexibility index (Phi) is 3.91. The van der Waals surface area contributed by atoms with Crippen LogP contribution in [0.2, 0.25) is 0 Å². The van der Waals surface area contributed by atoms with E-state index in [-0.39, 0.29) is 17.1 Å². The van der Waals surface area contributed by atoms with Gasteiger partial charge in [-0.15, -0.1) is 0 Å². The van der Waals surface area contributed by atoms with E-state index in [0.717, 1.165) is 0 Å². The molecule has 2 heterocycles. The van der Waals surface area contributed by atoms with Crippen molar-refractivity contribution in [2.24, 2.45) is 4.36 Å². The van der Waals surface area contributed by atoms with Crippen LogP contribution in [0.15, 0.2) is 56.5 Å². The van der Waals surface area contributed by atoms with Crippen molar-refractivity contribution in [3.8, 4) is 11.4 Å². The van der Waals surface area contributed by atoms with E-state index in [9.17, 15) is 8.60 Å². The maximum Gasteiger partial charge on any atom is 0.223 e. The van der Waals surface area contributed by atoms with Crippen molar-refractivity contribution < 1.29 is 13.1 Å². The van der Waals surface area contributed by atoms with Crippen molar-refractivity contribution in [1.29, 1.82) is 0 Å². The number of hydrogen-bond acceptors (Lipinski definition) is 6. The SMILES string of the molecule is Cc1nc(-c2ccc(N=S(C)(=O)c3ccccn3)cc2F)no1. The average molecular weight is 332 g/mol. The Morgan fingerprint density at radius 2 is 2.09 bits per heavy atom. The summed E-state index contributed by atoms with van der Waals surface area (Å²) in [6.07, 6.45) is 3.00. The summed E-state index contributed by atoms with van der Waals surface area (Å²) in [5.74, 6) is -0.0586. The Morgan fingerprint density at radius 3 is 2.70 bits per heavy atom. The van der Waals surface area contributed by atoms with Crippen LogP contribution in [-0.4, -0.2) is 25.6 Å². The lowest BCUT2D eigenvalue weighted by atomic mass is 10.2. The molecule has 0 fully saturated rings. The molecule has 0 saturated carbocycles. The summed E-state index contributed by atoms with van der Waals surface area (Å²) in [6, 6.07) is 9.29. The zero-order chi connectivity index (χ0) is 16.4. The molecule has 3 aromatic rings. The summed E-state index contributed by atoms with van der Waals surface area (Å²) >= 11 is 0. The quantitative estimate of drug-likeness (QED) is 0.734. The third-order valence-corrected chi connectivity index (χ3v) is 4.60. The van der Waals surface area contributed by atoms with Gasteiger partial charge in [0, 0.05) is 25.4 Å². The summed E-state index contributed by atoms with van der Waals surface area (Å²) in [4.78, 5) is 8.02. The number of benzene rings is 1. The molecule has 0 bridgehead atoms. The van der Waals surface area contributed by atoms with Crippen LogP contribution in [-0.2, 0) is 9.73 Å². The van der Waals surface area contributed by atoms with E-state index in [4.69, 9.17) is 4.52 Å². The molecule has 6 nitrogen and oxygen atoms in total. The van der Waals surface area contributed by atoms with Crippen LogP contribution in [0.5, 0.6) is 0 Å². The molecule has 2 aromatic heterocycles. The first-order valence-electron chi connectivity index (χ1n) is 6.69. The molecule has 1 atom stereocenters. The lowest BCUT2D eigenvalue weighted by Gasteiger charge is -2.04. The lowest BCUT2D eigenvalue weighted by Crippen LogP contribution is -1.99. The fourth-order valence-corrected chi connectivity index (χ4v) is 3.17. The number of aromatic nitrogens is 3. The third kappa shape index (κ3) is 3.26. The van der Waals surface area contributed by atoms with E-state index in [1.165, 1.54) is 24.6 Å². The summed E-state index contributed by atoms with van der Waals surface area (Å²) in [6.45, 7) is 1.62. The van der Waals surface area contributed by atoms with Crippen molar-refractivity contribution in [3.63, 3.8) is 0 Å². The van der Waals surface area contributed by atoms with E-state index in [0.29, 0.717) is 10.9 Å². The van der Waals surface area contributed by atoms with Gasteiger partial charge >= 0.3 is 0 Å². The van der Waals surface area contributed by atoms with Gasteiger partial charge in [-0.2, -0.15) is 9.35 Å². The van der Waals surface area contributed by atoms with Gasteiger partial charge in [-0.3, -0.25) is 0 Å². The monoisotopic (exact) mass is 332 g/mol. The van der Waals surface area contributed by atoms with Crippen LogP contribution in [0.4, 0.5) is 10.1 Å². The van der Waals surface area contributed by atoms with Gasteiger partial charge in [-0.05, 0) is 24.3 Å². The molecule has 0 aliphatic carbocycles. The van der Waals surface area contributed by atoms with Crippen LogP contribution in [0.25, 0.3) is 11.4 Å². The molecule has 118 valence electrons. The molecular weight excluding hydrogens is 319 g/mol. The first-order valence-corrected chi connectivity index (χ1v) is 8.61. The summed E-state index contributed by atoms with van der Waals surface area (Å²) in [5.41, 5.74) is 0.450. The fourth-order valence-electron chi connectivity index (χ4n) is 1.97. The second-order valence-electron chi connectivity index (χ2n) is 4.86. The Hall–Kier alpha value is -2.61. The molecular formula is C15H13FN4O2S. The Balaban J connectivity index is 2.01. The maximum absolute atomic E-state index is 14.2. The van der Waals surface area contributed by atoms with Crippen LogP contribution in [0.3, 0.4) is 0 Å². The molecule has 0 amide bonds. The average Bonchev–Trinajstić information content (AvgIpc) is 2.94. The smallest absolute Gasteiger partial charge is 0.223 e. The standard InChI is InChI=1S/C15H13FN4O2S/c1-10-18-15(19-22-10)12-7-6-11(9-13(12)16)20-23(2,21)14-5-3-4-8-17-14/h3-9H,1-2H3. The van der Waals surface area contributed by atoms with Gasteiger partial charge in [0.05, 0.1) is 21.0 Å². The molecule has 1 unspecified atom stereocenters. The number of pyridine rings is 1. The second-order valence-corrected chi connectivity index (χ2v) is 7.07. The van der Waals surface area contributed by atoms with Gasteiger partial charge in [0.1, 0.15) is 10.8 Å². The molecule has 3 rings (SSSR count). The van der Waals surface area contributed by atoms with E-state index >= 15 is 0 Å². The van der Waals surface area contributed by atoms with Crippen LogP contribution in [0, 0.1) is 12.7 Å². The number of nitrogens with zero attached hydrogens (tertiary/aromatic N) is 4. The second kappa shape index (κ2) is 5.88. The molecule has 0 aliphatic rings. The van der Waals surface area contributed by atoms with E-state index in [1.807, 2.05) is 0 Å². The molecule has 0 saturated heterocycles. The van der Waals surface area contributed by atoms with Gasteiger partial charge in [-0.25, -0.2) is 13.6 Å². The van der Waals surface area contributed by atoms with E-state index in [1.54, 1.807) is 31.2 Å². The van der Waals surface area contributed by atoms with Gasteiger partial charge in [0.25, 0.3) is 0 Å². The van der Waals surface area contributed by atoms with Crippen molar-refractivity contribution in [2.75, 3.05) is 6.26 Å². The normalized spacial score (nSPS) is 13.5. The predicted octanol–water partition coefficient (Wildman–Crippen LogP) is 3.37. The van der Waals surface area contributed by atoms with Gasteiger partial charge in [0.2, 0.25) is 11.7 Å². The molecule has 0 radical (unpaired) electrons. The summed E-state index contributed by atoms with van der Waals surface area (Å²) in [5, 5.41) is 4.02. The topological polar surface area (TPSA) is 81.2 Å². The summed E-state index contributed by atoms with van der Waals surface area (Å²) < 4.78 is 35.8. The highest BCUT2D eigenvalue weighted by atomic mass is 32.2. The number of halogens is 1. The van der Waals surface area contributed by atoms with Crippen LogP contribution < -0.4 is 0 Å². The summed E-state index contributed by atoms with van der Waals surface area (Å²) in [7, 11) is -2.76. The highest BCUT2D eigenvalue weighted by molar-refractivity contribution is 7.93. The molecule has 0 spiro atoms. The zero-order valence-electron chi connectivity index (χ0n) is 12.4. The minimum absolute atomic E-state index is 0.161. The molecule has 0 aliphatic heterocycles. The van der Waals surface area contributed by atoms with Crippen molar-refractivity contribution in [3.05, 3.63) is 54.3 Å². The predicted molar refractivity (Wildman–Crippen MR) is 83.1 cm³/mol. The van der Waals surface area contributed by atoms with Crippen molar-refractivity contribution in [1.82, 2.24) is 15.1 Å². The number of aryl methyl sites for hydroxylation is 1. The Morgan fingerprint density at radius 1 is 1.26 bits per heavy atom. The minimum Gasteiger partial charge on any atom is -0.339 e. The molecule has 23 heavy (non-hydrogen) atoms. The fraction of sp³-hybridized carbons (Fsp3) is 0.133. The largest absolute Gasteiger partial charge is 0.339 e. The highest BCUT2D eigenvalue weighted by Gasteiger charge is 2.13. The van der Waals surface area contributed by atoms with Crippen molar-refractivity contribution in [2.45, 2.75) is 11.9 Å². The third-order valence-electron chi connectivity index (χ3n) is 3.03. The van der Waals surface area contributed by atoms with Crippen LogP contribution in [0.1, 0.15) is 5.89 Å². The van der Waals surface area contributed by atoms with E-state index in [2.05, 4.69) is 19.5 Å². The van der Waals surface area contributed by atoms with Gasteiger partial charge < -0.3 is 4.52 Å². The molecule has 8 heteroatoms. The minimum atomic E-state index is -2.76. The zero-order valence-corrected chi connectivity index (χ0v) is 13.2. The van der Waals surface area contributed by atoms with Crippen molar-refractivity contribution >= 4 is 15.4 Å². The molecule has 0 N–H and O–H groups in total. The van der Waals surface area contributed by atoms with Gasteiger partial charge in [0.15, 0.2) is 0 Å². The number of hydrogen-bond donors (Lipinski definition) is 0. The first-order chi connectivity index (χ1) is 11.0. The lowest BCUT2D eigenvalue weighted by molar-refractivity contribution is 0.394. The first kappa shape index (κ1) is 15.3. The maximum atomic E-state index is 14.2. The van der Waals surface area contributed by atoms with E-state index < -0.39 is 15.5 Å².